The van der Waals surface area contributed by atoms with Crippen LogP contribution in [0.5, 0.6) is 0 Å². The van der Waals surface area contributed by atoms with Crippen molar-refractivity contribution >= 4 is 15.8 Å². The van der Waals surface area contributed by atoms with Crippen LogP contribution in [-0.4, -0.2) is 37.0 Å². The average molecular weight is 193 g/mol. The lowest BCUT2D eigenvalue weighted by Crippen LogP contribution is -2.46. The van der Waals surface area contributed by atoms with E-state index in [0.717, 1.165) is 0 Å². The maximum atomic E-state index is 11.0. The quantitative estimate of drug-likeness (QED) is 0.547. The van der Waals surface area contributed by atoms with Gasteiger partial charge in [0.1, 0.15) is 0 Å². The molecule has 0 aliphatic carbocycles. The Morgan fingerprint density at radius 2 is 2.08 bits per heavy atom. The smallest absolute Gasteiger partial charge is 0.308 e. The van der Waals surface area contributed by atoms with Gasteiger partial charge >= 0.3 is 5.97 Å². The summed E-state index contributed by atoms with van der Waals surface area (Å²) in [7, 11) is -3.09. The highest BCUT2D eigenvalue weighted by Crippen LogP contribution is 2.17. The first-order valence-corrected chi connectivity index (χ1v) is 5.43. The lowest BCUT2D eigenvalue weighted by atomic mass is 9.99. The summed E-state index contributed by atoms with van der Waals surface area (Å²) >= 11 is 0. The van der Waals surface area contributed by atoms with Crippen molar-refractivity contribution in [3.8, 4) is 0 Å². The fraction of sp³-hybridized carbons (Fsp3) is 0.833. The third-order valence-corrected chi connectivity index (χ3v) is 3.77. The highest BCUT2D eigenvalue weighted by molar-refractivity contribution is 7.91. The van der Waals surface area contributed by atoms with E-state index in [9.17, 15) is 13.2 Å². The van der Waals surface area contributed by atoms with Gasteiger partial charge in [-0.15, -0.1) is 0 Å². The van der Waals surface area contributed by atoms with Gasteiger partial charge in [0.05, 0.1) is 17.4 Å². The second kappa shape index (κ2) is 3.02. The molecule has 0 aromatic heterocycles. The normalized spacial score (nSPS) is 34.4. The number of carboxylic acids is 1. The topological polar surface area (TPSA) is 97.5 Å². The molecule has 3 N–H and O–H groups in total. The van der Waals surface area contributed by atoms with Gasteiger partial charge in [-0.25, -0.2) is 8.42 Å². The zero-order valence-corrected chi connectivity index (χ0v) is 7.25. The van der Waals surface area contributed by atoms with Crippen molar-refractivity contribution < 1.29 is 18.3 Å². The van der Waals surface area contributed by atoms with Crippen LogP contribution in [0.2, 0.25) is 0 Å². The molecule has 0 amide bonds. The van der Waals surface area contributed by atoms with E-state index >= 15 is 0 Å². The molecular weight excluding hydrogens is 182 g/mol. The Bertz CT molecular complexity index is 284. The summed E-state index contributed by atoms with van der Waals surface area (Å²) in [5, 5.41) is 8.60. The molecule has 1 fully saturated rings. The Morgan fingerprint density at radius 3 is 2.50 bits per heavy atom. The molecule has 1 saturated heterocycles. The van der Waals surface area contributed by atoms with Gasteiger partial charge in [-0.05, 0) is 6.42 Å². The molecule has 0 bridgehead atoms. The molecule has 0 radical (unpaired) electrons. The van der Waals surface area contributed by atoms with Crippen molar-refractivity contribution in [2.75, 3.05) is 11.5 Å². The molecule has 0 aromatic rings. The van der Waals surface area contributed by atoms with Crippen LogP contribution in [0.25, 0.3) is 0 Å². The van der Waals surface area contributed by atoms with Crippen LogP contribution >= 0.6 is 0 Å². The first-order valence-electron chi connectivity index (χ1n) is 3.61. The molecule has 0 aromatic carbocycles. The van der Waals surface area contributed by atoms with Crippen LogP contribution in [0.1, 0.15) is 6.42 Å². The molecule has 1 rings (SSSR count). The monoisotopic (exact) mass is 193 g/mol. The minimum absolute atomic E-state index is 0.0579. The Kier molecular flexibility index (Phi) is 2.39. The van der Waals surface area contributed by atoms with Gasteiger partial charge in [0.25, 0.3) is 0 Å². The molecule has 6 heteroatoms. The first-order chi connectivity index (χ1) is 5.42. The van der Waals surface area contributed by atoms with Crippen LogP contribution < -0.4 is 5.73 Å². The predicted molar refractivity (Wildman–Crippen MR) is 42.4 cm³/mol. The maximum Gasteiger partial charge on any atom is 0.308 e. The maximum absolute atomic E-state index is 11.0. The van der Waals surface area contributed by atoms with Gasteiger partial charge in [-0.3, -0.25) is 4.79 Å². The molecule has 70 valence electrons. The van der Waals surface area contributed by atoms with Crippen molar-refractivity contribution in [1.82, 2.24) is 0 Å². The Labute approximate surface area is 70.5 Å². The Morgan fingerprint density at radius 1 is 1.50 bits per heavy atom. The molecule has 5 nitrogen and oxygen atoms in total. The number of aliphatic carboxylic acids is 1. The minimum Gasteiger partial charge on any atom is -0.481 e. The third-order valence-electron chi connectivity index (χ3n) is 2.02. The van der Waals surface area contributed by atoms with Crippen molar-refractivity contribution in [3.05, 3.63) is 0 Å². The number of carbonyl (C=O) groups is 1. The zero-order chi connectivity index (χ0) is 9.35. The molecule has 2 atom stereocenters. The molecule has 1 aliphatic rings. The van der Waals surface area contributed by atoms with Crippen molar-refractivity contribution in [3.63, 3.8) is 0 Å². The number of rotatable bonds is 1. The SMILES string of the molecule is N[C@@H]1CS(=O)(=O)CC[C@@H]1C(=O)O. The first kappa shape index (κ1) is 9.47. The van der Waals surface area contributed by atoms with Gasteiger partial charge in [-0.2, -0.15) is 0 Å². The van der Waals surface area contributed by atoms with E-state index in [2.05, 4.69) is 0 Å². The average Bonchev–Trinajstić information content (AvgIpc) is 1.83. The number of hydrogen-bond donors (Lipinski definition) is 2. The minimum atomic E-state index is -3.09. The predicted octanol–water partition coefficient (Wildman–Crippen LogP) is -1.17. The Hall–Kier alpha value is -0.620. The molecule has 12 heavy (non-hydrogen) atoms. The van der Waals surface area contributed by atoms with E-state index in [0.29, 0.717) is 0 Å². The van der Waals surface area contributed by atoms with Crippen LogP contribution in [0.4, 0.5) is 0 Å². The standard InChI is InChI=1S/C6H11NO4S/c7-5-3-12(10,11)2-1-4(5)6(8)9/h4-5H,1-3,7H2,(H,8,9)/t4-,5+/m0/s1. The lowest BCUT2D eigenvalue weighted by molar-refractivity contribution is -0.142. The second-order valence-electron chi connectivity index (χ2n) is 3.01. The second-order valence-corrected chi connectivity index (χ2v) is 5.24. The van der Waals surface area contributed by atoms with Gasteiger partial charge in [0, 0.05) is 6.04 Å². The fourth-order valence-corrected chi connectivity index (χ4v) is 2.92. The summed E-state index contributed by atoms with van der Waals surface area (Å²) in [6.07, 6.45) is 0.138. The number of hydrogen-bond acceptors (Lipinski definition) is 4. The molecular formula is C6H11NO4S. The molecule has 1 heterocycles. The summed E-state index contributed by atoms with van der Waals surface area (Å²) in [4.78, 5) is 10.5. The zero-order valence-electron chi connectivity index (χ0n) is 6.43. The van der Waals surface area contributed by atoms with Crippen LogP contribution in [0.3, 0.4) is 0 Å². The van der Waals surface area contributed by atoms with E-state index in [1.807, 2.05) is 0 Å². The molecule has 1 aliphatic heterocycles. The molecule has 0 saturated carbocycles. The van der Waals surface area contributed by atoms with Gasteiger partial charge in [0.2, 0.25) is 0 Å². The fourth-order valence-electron chi connectivity index (χ4n) is 1.32. The largest absolute Gasteiger partial charge is 0.481 e. The van der Waals surface area contributed by atoms with Crippen molar-refractivity contribution in [2.45, 2.75) is 12.5 Å². The van der Waals surface area contributed by atoms with Gasteiger partial charge in [-0.1, -0.05) is 0 Å². The van der Waals surface area contributed by atoms with Crippen LogP contribution in [0.15, 0.2) is 0 Å². The lowest BCUT2D eigenvalue weighted by Gasteiger charge is -2.24. The van der Waals surface area contributed by atoms with Gasteiger partial charge < -0.3 is 10.8 Å². The van der Waals surface area contributed by atoms with Crippen LogP contribution in [-0.2, 0) is 14.6 Å². The highest BCUT2D eigenvalue weighted by atomic mass is 32.2. The van der Waals surface area contributed by atoms with Gasteiger partial charge in [0.15, 0.2) is 9.84 Å². The van der Waals surface area contributed by atoms with E-state index in [4.69, 9.17) is 10.8 Å². The van der Waals surface area contributed by atoms with Crippen molar-refractivity contribution in [2.24, 2.45) is 11.7 Å². The highest BCUT2D eigenvalue weighted by Gasteiger charge is 2.34. The molecule has 0 unspecified atom stereocenters. The molecule has 0 spiro atoms. The Balaban J connectivity index is 2.72. The summed E-state index contributed by atoms with van der Waals surface area (Å²) in [5.74, 6) is -1.97. The number of carboxylic acid groups (broad SMARTS) is 1. The van der Waals surface area contributed by atoms with E-state index in [-0.39, 0.29) is 17.9 Å². The van der Waals surface area contributed by atoms with E-state index < -0.39 is 27.8 Å². The van der Waals surface area contributed by atoms with Crippen LogP contribution in [0, 0.1) is 5.92 Å². The summed E-state index contributed by atoms with van der Waals surface area (Å²) in [6, 6.07) is -0.749. The summed E-state index contributed by atoms with van der Waals surface area (Å²) in [6.45, 7) is 0. The van der Waals surface area contributed by atoms with Crippen molar-refractivity contribution in [1.29, 1.82) is 0 Å². The number of nitrogens with two attached hydrogens (primary N) is 1. The summed E-state index contributed by atoms with van der Waals surface area (Å²) in [5.41, 5.74) is 5.40. The third kappa shape index (κ3) is 1.95. The van der Waals surface area contributed by atoms with E-state index in [1.54, 1.807) is 0 Å². The number of sulfone groups is 1. The van der Waals surface area contributed by atoms with E-state index in [1.165, 1.54) is 0 Å². The summed E-state index contributed by atoms with van der Waals surface area (Å²) < 4.78 is 21.9.